The normalized spacial score (nSPS) is 17.6. The average Bonchev–Trinajstić information content (AvgIpc) is 2.54. The minimum Gasteiger partial charge on any atom is -0.491 e. The maximum Gasteiger partial charge on any atom is 0.119 e. The van der Waals surface area contributed by atoms with Crippen molar-refractivity contribution >= 4 is 0 Å². The lowest BCUT2D eigenvalue weighted by molar-refractivity contribution is 0.105. The van der Waals surface area contributed by atoms with Crippen LogP contribution in [0.3, 0.4) is 0 Å². The van der Waals surface area contributed by atoms with E-state index in [-0.39, 0.29) is 0 Å². The van der Waals surface area contributed by atoms with Crippen molar-refractivity contribution in [2.45, 2.75) is 51.6 Å². The van der Waals surface area contributed by atoms with Gasteiger partial charge in [-0.1, -0.05) is 38.3 Å². The summed E-state index contributed by atoms with van der Waals surface area (Å²) >= 11 is 0. The number of nitrogens with one attached hydrogen (secondary N) is 1. The molecule has 0 amide bonds. The number of aryl methyl sites for hydroxylation is 1. The molecule has 1 atom stereocenters. The zero-order valence-electron chi connectivity index (χ0n) is 13.2. The Labute approximate surface area is 128 Å². The van der Waals surface area contributed by atoms with Crippen LogP contribution in [0.2, 0.25) is 0 Å². The molecule has 0 saturated heterocycles. The van der Waals surface area contributed by atoms with Crippen molar-refractivity contribution in [1.29, 1.82) is 0 Å². The first kappa shape index (κ1) is 16.3. The molecule has 1 unspecified atom stereocenters. The molecule has 1 aliphatic carbocycles. The van der Waals surface area contributed by atoms with Crippen molar-refractivity contribution < 1.29 is 9.84 Å². The molecule has 1 aliphatic rings. The highest BCUT2D eigenvalue weighted by Gasteiger charge is 2.13. The second kappa shape index (κ2) is 9.06. The van der Waals surface area contributed by atoms with Crippen molar-refractivity contribution in [2.75, 3.05) is 19.7 Å². The second-order valence-corrected chi connectivity index (χ2v) is 6.13. The summed E-state index contributed by atoms with van der Waals surface area (Å²) in [6.07, 6.45) is 7.36. The van der Waals surface area contributed by atoms with Gasteiger partial charge in [-0.15, -0.1) is 0 Å². The topological polar surface area (TPSA) is 41.5 Å². The third-order valence-electron chi connectivity index (χ3n) is 4.29. The number of benzene rings is 1. The lowest BCUT2D eigenvalue weighted by Crippen LogP contribution is -2.34. The summed E-state index contributed by atoms with van der Waals surface area (Å²) in [4.78, 5) is 0. The molecule has 1 aromatic rings. The van der Waals surface area contributed by atoms with E-state index in [0.29, 0.717) is 13.2 Å². The zero-order chi connectivity index (χ0) is 14.9. The van der Waals surface area contributed by atoms with Crippen LogP contribution in [-0.4, -0.2) is 30.9 Å². The smallest absolute Gasteiger partial charge is 0.119 e. The molecule has 3 heteroatoms. The van der Waals surface area contributed by atoms with Crippen LogP contribution in [0.1, 0.15) is 44.6 Å². The number of aliphatic hydroxyl groups is 1. The molecule has 118 valence electrons. The molecule has 21 heavy (non-hydrogen) atoms. The Balaban J connectivity index is 1.61. The Morgan fingerprint density at radius 1 is 1.29 bits per heavy atom. The number of rotatable bonds is 8. The van der Waals surface area contributed by atoms with Gasteiger partial charge in [-0.2, -0.15) is 0 Å². The fraction of sp³-hybridized carbons (Fsp3) is 0.667. The lowest BCUT2D eigenvalue weighted by atomic mass is 9.89. The van der Waals surface area contributed by atoms with E-state index in [1.165, 1.54) is 37.7 Å². The summed E-state index contributed by atoms with van der Waals surface area (Å²) in [5.41, 5.74) is 1.26. The monoisotopic (exact) mass is 291 g/mol. The molecule has 0 aliphatic heterocycles. The van der Waals surface area contributed by atoms with Crippen LogP contribution in [-0.2, 0) is 6.42 Å². The van der Waals surface area contributed by atoms with Crippen LogP contribution >= 0.6 is 0 Å². The summed E-state index contributed by atoms with van der Waals surface area (Å²) in [5, 5.41) is 13.4. The van der Waals surface area contributed by atoms with Crippen LogP contribution in [0.5, 0.6) is 5.75 Å². The first-order valence-electron chi connectivity index (χ1n) is 8.38. The van der Waals surface area contributed by atoms with E-state index in [9.17, 15) is 5.11 Å². The molecule has 1 saturated carbocycles. The first-order chi connectivity index (χ1) is 10.3. The Morgan fingerprint density at radius 2 is 2.10 bits per heavy atom. The Kier molecular flexibility index (Phi) is 7.04. The predicted molar refractivity (Wildman–Crippen MR) is 86.8 cm³/mol. The molecule has 3 nitrogen and oxygen atoms in total. The third kappa shape index (κ3) is 6.06. The van der Waals surface area contributed by atoms with E-state index in [1.54, 1.807) is 0 Å². The minimum atomic E-state index is -0.445. The lowest BCUT2D eigenvalue weighted by Gasteiger charge is -2.22. The number of aliphatic hydroxyl groups excluding tert-OH is 1. The van der Waals surface area contributed by atoms with Crippen molar-refractivity contribution in [3.63, 3.8) is 0 Å². The Morgan fingerprint density at radius 3 is 2.86 bits per heavy atom. The van der Waals surface area contributed by atoms with Crippen LogP contribution < -0.4 is 10.1 Å². The first-order valence-corrected chi connectivity index (χ1v) is 8.38. The van der Waals surface area contributed by atoms with Crippen molar-refractivity contribution in [3.8, 4) is 5.75 Å². The fourth-order valence-corrected chi connectivity index (χ4v) is 2.95. The summed E-state index contributed by atoms with van der Waals surface area (Å²) in [6.45, 7) is 4.13. The molecule has 1 aromatic carbocycles. The molecule has 0 spiro atoms. The van der Waals surface area contributed by atoms with Gasteiger partial charge in [0.15, 0.2) is 0 Å². The molecule has 0 heterocycles. The molecule has 2 N–H and O–H groups in total. The van der Waals surface area contributed by atoms with E-state index in [1.807, 2.05) is 18.2 Å². The molecule has 1 fully saturated rings. The van der Waals surface area contributed by atoms with Gasteiger partial charge in [-0.3, -0.25) is 0 Å². The third-order valence-corrected chi connectivity index (χ3v) is 4.29. The van der Waals surface area contributed by atoms with Gasteiger partial charge in [0, 0.05) is 6.54 Å². The van der Waals surface area contributed by atoms with Crippen molar-refractivity contribution in [1.82, 2.24) is 5.32 Å². The molecular weight excluding hydrogens is 262 g/mol. The standard InChI is InChI=1S/C18H29NO2/c1-2-15-9-6-10-18(11-15)21-14-17(20)13-19-12-16-7-4-3-5-8-16/h6,9-11,16-17,19-20H,2-5,7-8,12-14H2,1H3. The zero-order valence-corrected chi connectivity index (χ0v) is 13.2. The van der Waals surface area contributed by atoms with E-state index in [4.69, 9.17) is 4.74 Å². The summed E-state index contributed by atoms with van der Waals surface area (Å²) in [7, 11) is 0. The van der Waals surface area contributed by atoms with Crippen LogP contribution in [0.4, 0.5) is 0 Å². The maximum absolute atomic E-state index is 9.98. The molecule has 2 rings (SSSR count). The Hall–Kier alpha value is -1.06. The summed E-state index contributed by atoms with van der Waals surface area (Å²) < 4.78 is 5.66. The van der Waals surface area contributed by atoms with Gasteiger partial charge in [-0.05, 0) is 49.4 Å². The number of ether oxygens (including phenoxy) is 1. The van der Waals surface area contributed by atoms with Gasteiger partial charge in [-0.25, -0.2) is 0 Å². The summed E-state index contributed by atoms with van der Waals surface area (Å²) in [5.74, 6) is 1.65. The SMILES string of the molecule is CCc1cccc(OCC(O)CNCC2CCCCC2)c1. The van der Waals surface area contributed by atoms with Gasteiger partial charge >= 0.3 is 0 Å². The maximum atomic E-state index is 9.98. The highest BCUT2D eigenvalue weighted by molar-refractivity contribution is 5.28. The number of hydrogen-bond donors (Lipinski definition) is 2. The highest BCUT2D eigenvalue weighted by atomic mass is 16.5. The van der Waals surface area contributed by atoms with Gasteiger partial charge in [0.2, 0.25) is 0 Å². The molecule has 0 bridgehead atoms. The quantitative estimate of drug-likeness (QED) is 0.773. The Bertz CT molecular complexity index is 402. The molecular formula is C18H29NO2. The van der Waals surface area contributed by atoms with Crippen LogP contribution in [0.25, 0.3) is 0 Å². The van der Waals surface area contributed by atoms with E-state index in [2.05, 4.69) is 18.3 Å². The number of hydrogen-bond acceptors (Lipinski definition) is 3. The highest BCUT2D eigenvalue weighted by Crippen LogP contribution is 2.22. The molecule has 0 radical (unpaired) electrons. The predicted octanol–water partition coefficient (Wildman–Crippen LogP) is 3.16. The van der Waals surface area contributed by atoms with E-state index >= 15 is 0 Å². The fourth-order valence-electron chi connectivity index (χ4n) is 2.95. The van der Waals surface area contributed by atoms with Gasteiger partial charge in [0.05, 0.1) is 0 Å². The average molecular weight is 291 g/mol. The summed E-state index contributed by atoms with van der Waals surface area (Å²) in [6, 6.07) is 8.08. The van der Waals surface area contributed by atoms with E-state index in [0.717, 1.165) is 24.6 Å². The van der Waals surface area contributed by atoms with Crippen LogP contribution in [0, 0.1) is 5.92 Å². The van der Waals surface area contributed by atoms with E-state index < -0.39 is 6.10 Å². The molecule has 0 aromatic heterocycles. The van der Waals surface area contributed by atoms with Gasteiger partial charge < -0.3 is 15.2 Å². The van der Waals surface area contributed by atoms with Crippen LogP contribution in [0.15, 0.2) is 24.3 Å². The van der Waals surface area contributed by atoms with Crippen molar-refractivity contribution in [2.24, 2.45) is 5.92 Å². The van der Waals surface area contributed by atoms with Gasteiger partial charge in [0.1, 0.15) is 18.5 Å². The van der Waals surface area contributed by atoms with Gasteiger partial charge in [0.25, 0.3) is 0 Å². The minimum absolute atomic E-state index is 0.352. The largest absolute Gasteiger partial charge is 0.491 e. The van der Waals surface area contributed by atoms with Crippen molar-refractivity contribution in [3.05, 3.63) is 29.8 Å². The second-order valence-electron chi connectivity index (χ2n) is 6.13.